The minimum atomic E-state index is -0.598. The first-order valence-electron chi connectivity index (χ1n) is 8.96. The standard InChI is InChI=1S/C21H27N2O3/c1-5-22-14-23(21-11-16(3)15(2)10-20(21)22)12-17(24)13-26-19-8-6-18(25-4)7-9-19/h6-11,14,17,24H,5,12-13H2,1-4H3/q+1/t17-/m0/s1. The molecule has 0 bridgehead atoms. The molecular formula is C21H27N2O3+. The van der Waals surface area contributed by atoms with Crippen LogP contribution in [0.1, 0.15) is 18.1 Å². The Balaban J connectivity index is 1.72. The summed E-state index contributed by atoms with van der Waals surface area (Å²) in [6.07, 6.45) is 1.47. The second-order valence-corrected chi connectivity index (χ2v) is 6.62. The molecule has 1 aromatic heterocycles. The van der Waals surface area contributed by atoms with E-state index in [1.807, 2.05) is 24.3 Å². The molecule has 1 heterocycles. The molecule has 0 saturated heterocycles. The molecule has 26 heavy (non-hydrogen) atoms. The normalized spacial score (nSPS) is 12.3. The average molecular weight is 355 g/mol. The minimum absolute atomic E-state index is 0.239. The molecule has 0 radical (unpaired) electrons. The number of hydrogen-bond acceptors (Lipinski definition) is 3. The first-order valence-corrected chi connectivity index (χ1v) is 8.96. The van der Waals surface area contributed by atoms with Crippen LogP contribution in [0, 0.1) is 13.8 Å². The summed E-state index contributed by atoms with van der Waals surface area (Å²) in [6.45, 7) is 7.99. The lowest BCUT2D eigenvalue weighted by Crippen LogP contribution is -2.41. The lowest BCUT2D eigenvalue weighted by Gasteiger charge is -2.11. The molecule has 1 atom stereocenters. The van der Waals surface area contributed by atoms with Crippen molar-refractivity contribution in [1.82, 2.24) is 4.57 Å². The summed E-state index contributed by atoms with van der Waals surface area (Å²) in [5.41, 5.74) is 4.86. The number of aliphatic hydroxyl groups excluding tert-OH is 1. The van der Waals surface area contributed by atoms with Gasteiger partial charge in [-0.25, -0.2) is 9.13 Å². The van der Waals surface area contributed by atoms with Gasteiger partial charge in [0.2, 0.25) is 6.33 Å². The number of ether oxygens (including phenoxy) is 2. The van der Waals surface area contributed by atoms with E-state index in [2.05, 4.69) is 48.4 Å². The second-order valence-electron chi connectivity index (χ2n) is 6.62. The van der Waals surface area contributed by atoms with E-state index in [1.54, 1.807) is 7.11 Å². The molecule has 0 unspecified atom stereocenters. The van der Waals surface area contributed by atoms with Crippen molar-refractivity contribution in [2.75, 3.05) is 13.7 Å². The number of aromatic nitrogens is 2. The van der Waals surface area contributed by atoms with Gasteiger partial charge >= 0.3 is 0 Å². The van der Waals surface area contributed by atoms with Crippen molar-refractivity contribution < 1.29 is 19.1 Å². The molecule has 0 aliphatic rings. The number of hydrogen-bond donors (Lipinski definition) is 1. The maximum absolute atomic E-state index is 10.5. The van der Waals surface area contributed by atoms with E-state index in [0.29, 0.717) is 6.54 Å². The number of benzene rings is 2. The van der Waals surface area contributed by atoms with Crippen LogP contribution in [0.4, 0.5) is 0 Å². The molecule has 0 spiro atoms. The van der Waals surface area contributed by atoms with Crippen LogP contribution in [0.25, 0.3) is 11.0 Å². The van der Waals surface area contributed by atoms with E-state index in [1.165, 1.54) is 16.6 Å². The maximum atomic E-state index is 10.5. The molecule has 2 aromatic carbocycles. The zero-order chi connectivity index (χ0) is 18.7. The van der Waals surface area contributed by atoms with Crippen LogP contribution in [0.2, 0.25) is 0 Å². The van der Waals surface area contributed by atoms with E-state index in [0.717, 1.165) is 23.6 Å². The fraction of sp³-hybridized carbons (Fsp3) is 0.381. The first-order chi connectivity index (χ1) is 12.5. The molecule has 3 aromatic rings. The highest BCUT2D eigenvalue weighted by Gasteiger charge is 2.19. The van der Waals surface area contributed by atoms with Crippen molar-refractivity contribution in [1.29, 1.82) is 0 Å². The Labute approximate surface area is 154 Å². The van der Waals surface area contributed by atoms with Crippen LogP contribution in [-0.2, 0) is 13.1 Å². The van der Waals surface area contributed by atoms with Crippen LogP contribution < -0.4 is 14.0 Å². The van der Waals surface area contributed by atoms with Gasteiger partial charge < -0.3 is 14.6 Å². The molecule has 0 aliphatic carbocycles. The summed E-state index contributed by atoms with van der Waals surface area (Å²) >= 11 is 0. The Morgan fingerprint density at radius 2 is 1.73 bits per heavy atom. The van der Waals surface area contributed by atoms with Gasteiger partial charge in [0.05, 0.1) is 13.7 Å². The predicted octanol–water partition coefficient (Wildman–Crippen LogP) is 3.01. The summed E-state index contributed by atoms with van der Waals surface area (Å²) in [7, 11) is 1.63. The van der Waals surface area contributed by atoms with E-state index in [9.17, 15) is 5.11 Å². The lowest BCUT2D eigenvalue weighted by atomic mass is 10.1. The largest absolute Gasteiger partial charge is 0.497 e. The lowest BCUT2D eigenvalue weighted by molar-refractivity contribution is -0.679. The molecule has 0 fully saturated rings. The number of rotatable bonds is 7. The van der Waals surface area contributed by atoms with Gasteiger partial charge in [-0.15, -0.1) is 0 Å². The molecule has 0 amide bonds. The third-order valence-corrected chi connectivity index (χ3v) is 4.74. The van der Waals surface area contributed by atoms with E-state index < -0.39 is 6.10 Å². The second kappa shape index (κ2) is 7.79. The van der Waals surface area contributed by atoms with Gasteiger partial charge in [-0.2, -0.15) is 0 Å². The Kier molecular flexibility index (Phi) is 5.47. The Morgan fingerprint density at radius 1 is 1.08 bits per heavy atom. The van der Waals surface area contributed by atoms with Crippen molar-refractivity contribution in [3.05, 3.63) is 53.9 Å². The fourth-order valence-electron chi connectivity index (χ4n) is 3.08. The minimum Gasteiger partial charge on any atom is -0.497 e. The van der Waals surface area contributed by atoms with Crippen molar-refractivity contribution in [2.24, 2.45) is 0 Å². The van der Waals surface area contributed by atoms with E-state index >= 15 is 0 Å². The Bertz CT molecular complexity index is 884. The molecule has 138 valence electrons. The average Bonchev–Trinajstić information content (AvgIpc) is 2.97. The summed E-state index contributed by atoms with van der Waals surface area (Å²) in [6, 6.07) is 11.8. The molecule has 3 rings (SSSR count). The molecule has 1 N–H and O–H groups in total. The number of methoxy groups -OCH3 is 1. The predicted molar refractivity (Wildman–Crippen MR) is 102 cm³/mol. The maximum Gasteiger partial charge on any atom is 0.244 e. The van der Waals surface area contributed by atoms with E-state index in [-0.39, 0.29) is 6.61 Å². The number of nitrogens with zero attached hydrogens (tertiary/aromatic N) is 2. The van der Waals surface area contributed by atoms with Crippen LogP contribution >= 0.6 is 0 Å². The smallest absolute Gasteiger partial charge is 0.244 e. The van der Waals surface area contributed by atoms with Gasteiger partial charge in [-0.3, -0.25) is 0 Å². The van der Waals surface area contributed by atoms with Gasteiger partial charge in [0.15, 0.2) is 11.0 Å². The molecule has 5 heteroatoms. The van der Waals surface area contributed by atoms with Crippen molar-refractivity contribution >= 4 is 11.0 Å². The highest BCUT2D eigenvalue weighted by molar-refractivity contribution is 5.74. The van der Waals surface area contributed by atoms with Crippen LogP contribution in [0.15, 0.2) is 42.7 Å². The quantitative estimate of drug-likeness (QED) is 0.663. The Morgan fingerprint density at radius 3 is 2.38 bits per heavy atom. The number of fused-ring (bicyclic) bond motifs is 1. The summed E-state index contributed by atoms with van der Waals surface area (Å²) in [5, 5.41) is 10.5. The topological polar surface area (TPSA) is 47.5 Å². The zero-order valence-electron chi connectivity index (χ0n) is 15.9. The zero-order valence-corrected chi connectivity index (χ0v) is 15.9. The summed E-state index contributed by atoms with van der Waals surface area (Å²) in [5.74, 6) is 1.50. The SMILES string of the molecule is CCn1c[n+](C[C@H](O)COc2ccc(OC)cc2)c2cc(C)c(C)cc21. The highest BCUT2D eigenvalue weighted by atomic mass is 16.5. The highest BCUT2D eigenvalue weighted by Crippen LogP contribution is 2.19. The van der Waals surface area contributed by atoms with Gasteiger partial charge in [-0.05, 0) is 68.3 Å². The molecular weight excluding hydrogens is 328 g/mol. The number of aryl methyl sites for hydroxylation is 3. The van der Waals surface area contributed by atoms with Crippen LogP contribution in [0.5, 0.6) is 11.5 Å². The monoisotopic (exact) mass is 355 g/mol. The number of imidazole rings is 1. The molecule has 0 aliphatic heterocycles. The van der Waals surface area contributed by atoms with Crippen molar-refractivity contribution in [3.8, 4) is 11.5 Å². The van der Waals surface area contributed by atoms with Crippen molar-refractivity contribution in [2.45, 2.75) is 40.0 Å². The van der Waals surface area contributed by atoms with Gasteiger partial charge in [0.25, 0.3) is 0 Å². The molecule has 5 nitrogen and oxygen atoms in total. The number of aliphatic hydroxyl groups is 1. The molecule has 0 saturated carbocycles. The first kappa shape index (κ1) is 18.3. The summed E-state index contributed by atoms with van der Waals surface area (Å²) in [4.78, 5) is 0. The van der Waals surface area contributed by atoms with Crippen LogP contribution in [0.3, 0.4) is 0 Å². The van der Waals surface area contributed by atoms with Crippen molar-refractivity contribution in [3.63, 3.8) is 0 Å². The Hall–Kier alpha value is -2.53. The van der Waals surface area contributed by atoms with Gasteiger partial charge in [0.1, 0.15) is 30.8 Å². The fourth-order valence-corrected chi connectivity index (χ4v) is 3.08. The van der Waals surface area contributed by atoms with Gasteiger partial charge in [0, 0.05) is 0 Å². The van der Waals surface area contributed by atoms with Crippen LogP contribution in [-0.4, -0.2) is 29.5 Å². The van der Waals surface area contributed by atoms with Gasteiger partial charge in [-0.1, -0.05) is 0 Å². The van der Waals surface area contributed by atoms with E-state index in [4.69, 9.17) is 9.47 Å². The summed E-state index contributed by atoms with van der Waals surface area (Å²) < 4.78 is 15.1. The third kappa shape index (κ3) is 3.83. The third-order valence-electron chi connectivity index (χ3n) is 4.74.